The largest absolute Gasteiger partial charge is 0.382 e. The van der Waals surface area contributed by atoms with Gasteiger partial charge >= 0.3 is 0 Å². The standard InChI is InChI=1S/C18H19Cl2N/c19-15-10-16(20)12-18(11-15)21-17-8-6-14(7-9-17)13-4-2-1-3-5-13/h1-5,10-12,14,17,21H,6-9H2. The molecule has 1 fully saturated rings. The van der Waals surface area contributed by atoms with E-state index in [1.807, 2.05) is 12.1 Å². The quantitative estimate of drug-likeness (QED) is 0.717. The van der Waals surface area contributed by atoms with Gasteiger partial charge < -0.3 is 5.32 Å². The lowest BCUT2D eigenvalue weighted by atomic mass is 9.82. The number of benzene rings is 2. The van der Waals surface area contributed by atoms with E-state index < -0.39 is 0 Å². The Labute approximate surface area is 136 Å². The van der Waals surface area contributed by atoms with Gasteiger partial charge in [0.25, 0.3) is 0 Å². The fourth-order valence-corrected chi connectivity index (χ4v) is 3.70. The maximum Gasteiger partial charge on any atom is 0.0441 e. The van der Waals surface area contributed by atoms with Crippen LogP contribution >= 0.6 is 23.2 Å². The van der Waals surface area contributed by atoms with Gasteiger partial charge in [-0.05, 0) is 55.4 Å². The molecular formula is C18H19Cl2N. The Morgan fingerprint density at radius 2 is 1.43 bits per heavy atom. The van der Waals surface area contributed by atoms with E-state index in [1.165, 1.54) is 31.2 Å². The van der Waals surface area contributed by atoms with Crippen molar-refractivity contribution in [2.24, 2.45) is 0 Å². The van der Waals surface area contributed by atoms with Crippen LogP contribution in [0.5, 0.6) is 0 Å². The van der Waals surface area contributed by atoms with Crippen LogP contribution in [-0.4, -0.2) is 6.04 Å². The molecule has 2 aromatic carbocycles. The molecule has 0 unspecified atom stereocenters. The van der Waals surface area contributed by atoms with Gasteiger partial charge in [-0.15, -0.1) is 0 Å². The monoisotopic (exact) mass is 319 g/mol. The number of hydrogen-bond acceptors (Lipinski definition) is 1. The fourth-order valence-electron chi connectivity index (χ4n) is 3.17. The van der Waals surface area contributed by atoms with E-state index in [9.17, 15) is 0 Å². The van der Waals surface area contributed by atoms with E-state index in [1.54, 1.807) is 6.07 Å². The third kappa shape index (κ3) is 3.93. The average Bonchev–Trinajstić information content (AvgIpc) is 2.48. The highest BCUT2D eigenvalue weighted by Crippen LogP contribution is 2.34. The summed E-state index contributed by atoms with van der Waals surface area (Å²) in [6.07, 6.45) is 4.83. The van der Waals surface area contributed by atoms with E-state index in [0.29, 0.717) is 22.0 Å². The molecule has 1 N–H and O–H groups in total. The third-order valence-corrected chi connectivity index (χ3v) is 4.67. The first-order valence-electron chi connectivity index (χ1n) is 7.48. The predicted octanol–water partition coefficient (Wildman–Crippen LogP) is 6.13. The van der Waals surface area contributed by atoms with Crippen molar-refractivity contribution in [3.8, 4) is 0 Å². The van der Waals surface area contributed by atoms with Crippen molar-refractivity contribution in [2.45, 2.75) is 37.6 Å². The zero-order valence-electron chi connectivity index (χ0n) is 11.9. The number of anilines is 1. The van der Waals surface area contributed by atoms with Crippen LogP contribution in [0.15, 0.2) is 48.5 Å². The summed E-state index contributed by atoms with van der Waals surface area (Å²) in [7, 11) is 0. The van der Waals surface area contributed by atoms with Gasteiger partial charge in [-0.1, -0.05) is 53.5 Å². The van der Waals surface area contributed by atoms with E-state index in [4.69, 9.17) is 23.2 Å². The lowest BCUT2D eigenvalue weighted by Gasteiger charge is -2.30. The fraction of sp³-hybridized carbons (Fsp3) is 0.333. The van der Waals surface area contributed by atoms with E-state index in [0.717, 1.165) is 5.69 Å². The molecule has 2 aromatic rings. The van der Waals surface area contributed by atoms with Crippen LogP contribution in [0.1, 0.15) is 37.2 Å². The third-order valence-electron chi connectivity index (χ3n) is 4.23. The summed E-state index contributed by atoms with van der Waals surface area (Å²) in [6, 6.07) is 17.0. The summed E-state index contributed by atoms with van der Waals surface area (Å²) in [5.74, 6) is 0.701. The highest BCUT2D eigenvalue weighted by molar-refractivity contribution is 6.35. The maximum atomic E-state index is 6.05. The van der Waals surface area contributed by atoms with E-state index in [2.05, 4.69) is 35.6 Å². The van der Waals surface area contributed by atoms with Crippen LogP contribution in [0.4, 0.5) is 5.69 Å². The van der Waals surface area contributed by atoms with Crippen molar-refractivity contribution in [3.05, 3.63) is 64.1 Å². The van der Waals surface area contributed by atoms with Crippen LogP contribution in [0, 0.1) is 0 Å². The van der Waals surface area contributed by atoms with Crippen molar-refractivity contribution >= 4 is 28.9 Å². The summed E-state index contributed by atoms with van der Waals surface area (Å²) in [5.41, 5.74) is 2.50. The molecule has 110 valence electrons. The van der Waals surface area contributed by atoms with Gasteiger partial charge in [-0.25, -0.2) is 0 Å². The summed E-state index contributed by atoms with van der Waals surface area (Å²) in [4.78, 5) is 0. The van der Waals surface area contributed by atoms with Crippen LogP contribution in [0.25, 0.3) is 0 Å². The lowest BCUT2D eigenvalue weighted by molar-refractivity contribution is 0.412. The Morgan fingerprint density at radius 1 is 0.810 bits per heavy atom. The van der Waals surface area contributed by atoms with Crippen LogP contribution in [0.3, 0.4) is 0 Å². The second-order valence-electron chi connectivity index (χ2n) is 5.76. The Kier molecular flexibility index (Phi) is 4.72. The van der Waals surface area contributed by atoms with Crippen molar-refractivity contribution in [1.82, 2.24) is 0 Å². The molecule has 0 aromatic heterocycles. The van der Waals surface area contributed by atoms with Crippen molar-refractivity contribution in [1.29, 1.82) is 0 Å². The summed E-state index contributed by atoms with van der Waals surface area (Å²) in [6.45, 7) is 0. The second-order valence-corrected chi connectivity index (χ2v) is 6.63. The molecule has 0 amide bonds. The van der Waals surface area contributed by atoms with Crippen LogP contribution < -0.4 is 5.32 Å². The molecule has 0 radical (unpaired) electrons. The molecule has 1 aliphatic rings. The van der Waals surface area contributed by atoms with Gasteiger partial charge in [0.05, 0.1) is 0 Å². The Bertz CT molecular complexity index is 569. The first-order valence-corrected chi connectivity index (χ1v) is 8.24. The van der Waals surface area contributed by atoms with Crippen molar-refractivity contribution in [2.75, 3.05) is 5.32 Å². The molecule has 3 heteroatoms. The Balaban J connectivity index is 1.58. The summed E-state index contributed by atoms with van der Waals surface area (Å²) >= 11 is 12.1. The highest BCUT2D eigenvalue weighted by atomic mass is 35.5. The molecule has 1 saturated carbocycles. The summed E-state index contributed by atoms with van der Waals surface area (Å²) < 4.78 is 0. The van der Waals surface area contributed by atoms with Gasteiger partial charge in [-0.3, -0.25) is 0 Å². The Hall–Kier alpha value is -1.18. The Morgan fingerprint density at radius 3 is 2.05 bits per heavy atom. The average molecular weight is 320 g/mol. The number of hydrogen-bond donors (Lipinski definition) is 1. The van der Waals surface area contributed by atoms with E-state index >= 15 is 0 Å². The van der Waals surface area contributed by atoms with Gasteiger partial charge in [-0.2, -0.15) is 0 Å². The molecule has 0 aliphatic heterocycles. The number of nitrogens with one attached hydrogen (secondary N) is 1. The van der Waals surface area contributed by atoms with Crippen LogP contribution in [0.2, 0.25) is 10.0 Å². The predicted molar refractivity (Wildman–Crippen MR) is 91.5 cm³/mol. The summed E-state index contributed by atoms with van der Waals surface area (Å²) in [5, 5.41) is 4.93. The molecule has 0 bridgehead atoms. The minimum Gasteiger partial charge on any atom is -0.382 e. The zero-order valence-corrected chi connectivity index (χ0v) is 13.4. The molecular weight excluding hydrogens is 301 g/mol. The van der Waals surface area contributed by atoms with Gasteiger partial charge in [0.15, 0.2) is 0 Å². The molecule has 1 nitrogen and oxygen atoms in total. The van der Waals surface area contributed by atoms with Gasteiger partial charge in [0.1, 0.15) is 0 Å². The van der Waals surface area contributed by atoms with E-state index in [-0.39, 0.29) is 0 Å². The first-order chi connectivity index (χ1) is 10.2. The normalized spacial score (nSPS) is 22.0. The molecule has 0 heterocycles. The topological polar surface area (TPSA) is 12.0 Å². The van der Waals surface area contributed by atoms with Gasteiger partial charge in [0, 0.05) is 21.8 Å². The zero-order chi connectivity index (χ0) is 14.7. The first kappa shape index (κ1) is 14.7. The van der Waals surface area contributed by atoms with Crippen molar-refractivity contribution in [3.63, 3.8) is 0 Å². The van der Waals surface area contributed by atoms with Gasteiger partial charge in [0.2, 0.25) is 0 Å². The molecule has 0 atom stereocenters. The molecule has 3 rings (SSSR count). The molecule has 0 saturated heterocycles. The molecule has 0 spiro atoms. The minimum absolute atomic E-state index is 0.513. The lowest BCUT2D eigenvalue weighted by Crippen LogP contribution is -2.25. The molecule has 21 heavy (non-hydrogen) atoms. The number of halogens is 2. The maximum absolute atomic E-state index is 6.05. The van der Waals surface area contributed by atoms with Crippen molar-refractivity contribution < 1.29 is 0 Å². The highest BCUT2D eigenvalue weighted by Gasteiger charge is 2.22. The second kappa shape index (κ2) is 6.72. The van der Waals surface area contributed by atoms with Crippen LogP contribution in [-0.2, 0) is 0 Å². The smallest absolute Gasteiger partial charge is 0.0441 e. The molecule has 1 aliphatic carbocycles. The SMILES string of the molecule is Clc1cc(Cl)cc(NC2CCC(c3ccccc3)CC2)c1. The minimum atomic E-state index is 0.513. The number of rotatable bonds is 3.